The molecule has 3 rings (SSSR count). The van der Waals surface area contributed by atoms with Crippen LogP contribution in [-0.2, 0) is 13.0 Å². The molecule has 1 heterocycles. The molecule has 0 amide bonds. The highest BCUT2D eigenvalue weighted by atomic mass is 127. The van der Waals surface area contributed by atoms with Crippen LogP contribution in [0.25, 0.3) is 0 Å². The Bertz CT molecular complexity index is 595. The van der Waals surface area contributed by atoms with E-state index in [-0.39, 0.29) is 0 Å². The first-order chi connectivity index (χ1) is 9.22. The Morgan fingerprint density at radius 2 is 2.11 bits per heavy atom. The Kier molecular flexibility index (Phi) is 3.64. The molecule has 0 unspecified atom stereocenters. The summed E-state index contributed by atoms with van der Waals surface area (Å²) in [4.78, 5) is 2.33. The first-order valence-corrected chi connectivity index (χ1v) is 7.62. The van der Waals surface area contributed by atoms with Gasteiger partial charge in [0.25, 0.3) is 0 Å². The van der Waals surface area contributed by atoms with Crippen molar-refractivity contribution in [1.29, 1.82) is 0 Å². The van der Waals surface area contributed by atoms with Crippen LogP contribution in [0.3, 0.4) is 0 Å². The second kappa shape index (κ2) is 5.41. The number of rotatable bonds is 3. The number of nitrogens with zero attached hydrogens (tertiary/aromatic N) is 1. The molecule has 0 saturated heterocycles. The molecule has 3 heteroatoms. The highest BCUT2D eigenvalue weighted by molar-refractivity contribution is 14.1. The van der Waals surface area contributed by atoms with Crippen LogP contribution in [0.2, 0.25) is 0 Å². The Morgan fingerprint density at radius 3 is 2.95 bits per heavy atom. The van der Waals surface area contributed by atoms with Gasteiger partial charge in [-0.05, 0) is 64.4 Å². The predicted molar refractivity (Wildman–Crippen MR) is 89.9 cm³/mol. The van der Waals surface area contributed by atoms with Gasteiger partial charge in [0.05, 0.1) is 0 Å². The Hall–Kier alpha value is -1.23. The molecule has 98 valence electrons. The van der Waals surface area contributed by atoms with E-state index in [1.165, 1.54) is 32.5 Å². The van der Waals surface area contributed by atoms with Gasteiger partial charge in [-0.15, -0.1) is 0 Å². The maximum absolute atomic E-state index is 3.49. The van der Waals surface area contributed by atoms with Crippen LogP contribution in [0.4, 0.5) is 11.4 Å². The summed E-state index contributed by atoms with van der Waals surface area (Å²) in [5.41, 5.74) is 5.40. The van der Waals surface area contributed by atoms with Crippen molar-refractivity contribution in [2.24, 2.45) is 0 Å². The van der Waals surface area contributed by atoms with E-state index in [0.29, 0.717) is 0 Å². The minimum absolute atomic E-state index is 0.886. The first kappa shape index (κ1) is 12.8. The summed E-state index contributed by atoms with van der Waals surface area (Å²) in [6, 6.07) is 15.3. The molecule has 0 spiro atoms. The molecule has 0 atom stereocenters. The number of nitrogens with one attached hydrogen (secondary N) is 1. The van der Waals surface area contributed by atoms with Crippen LogP contribution in [0.5, 0.6) is 0 Å². The van der Waals surface area contributed by atoms with Crippen LogP contribution in [0.1, 0.15) is 11.1 Å². The van der Waals surface area contributed by atoms with Crippen LogP contribution >= 0.6 is 22.6 Å². The third kappa shape index (κ3) is 2.86. The van der Waals surface area contributed by atoms with Gasteiger partial charge in [-0.1, -0.05) is 18.2 Å². The van der Waals surface area contributed by atoms with Gasteiger partial charge in [-0.2, -0.15) is 0 Å². The minimum Gasteiger partial charge on any atom is -0.381 e. The third-order valence-electron chi connectivity index (χ3n) is 3.59. The van der Waals surface area contributed by atoms with Gasteiger partial charge in [0.15, 0.2) is 0 Å². The van der Waals surface area contributed by atoms with Gasteiger partial charge >= 0.3 is 0 Å². The maximum atomic E-state index is 3.49. The molecule has 2 aromatic carbocycles. The van der Waals surface area contributed by atoms with Gasteiger partial charge in [-0.25, -0.2) is 0 Å². The normalized spacial score (nSPS) is 13.5. The zero-order valence-corrected chi connectivity index (χ0v) is 13.1. The van der Waals surface area contributed by atoms with E-state index in [2.05, 4.69) is 82.3 Å². The summed E-state index contributed by atoms with van der Waals surface area (Å²) in [6.45, 7) is 2.03. The average molecular weight is 364 g/mol. The number of benzene rings is 2. The molecule has 0 fully saturated rings. The molecule has 0 bridgehead atoms. The number of anilines is 2. The average Bonchev–Trinajstić information content (AvgIpc) is 2.78. The molecular formula is C16H17IN2. The molecule has 2 nitrogen and oxygen atoms in total. The van der Waals surface area contributed by atoms with Crippen LogP contribution in [-0.4, -0.2) is 13.6 Å². The van der Waals surface area contributed by atoms with Gasteiger partial charge in [-0.3, -0.25) is 0 Å². The zero-order chi connectivity index (χ0) is 13.2. The molecule has 1 aliphatic heterocycles. The maximum Gasteiger partial charge on any atom is 0.0400 e. The second-order valence-corrected chi connectivity index (χ2v) is 6.24. The minimum atomic E-state index is 0.886. The molecule has 0 saturated carbocycles. The summed E-state index contributed by atoms with van der Waals surface area (Å²) < 4.78 is 1.26. The van der Waals surface area contributed by atoms with Crippen molar-refractivity contribution in [2.75, 3.05) is 23.8 Å². The van der Waals surface area contributed by atoms with Crippen LogP contribution in [0.15, 0.2) is 42.5 Å². The molecular weight excluding hydrogens is 347 g/mol. The summed E-state index contributed by atoms with van der Waals surface area (Å²) in [7, 11) is 2.16. The third-order valence-corrected chi connectivity index (χ3v) is 4.26. The lowest BCUT2D eigenvalue weighted by Gasteiger charge is -2.12. The van der Waals surface area contributed by atoms with Crippen LogP contribution < -0.4 is 10.2 Å². The van der Waals surface area contributed by atoms with E-state index in [1.54, 1.807) is 0 Å². The lowest BCUT2D eigenvalue weighted by atomic mass is 10.1. The molecule has 2 aromatic rings. The Morgan fingerprint density at radius 1 is 1.21 bits per heavy atom. The van der Waals surface area contributed by atoms with Crippen molar-refractivity contribution < 1.29 is 0 Å². The standard InChI is InChI=1S/C16H17IN2/c1-19-8-7-13-9-12(5-6-16(13)19)11-18-15-4-2-3-14(17)10-15/h2-6,9-10,18H,7-8,11H2,1H3. The number of halogens is 1. The molecule has 0 aliphatic carbocycles. The van der Waals surface area contributed by atoms with Crippen LogP contribution in [0, 0.1) is 3.57 Å². The van der Waals surface area contributed by atoms with Crippen molar-refractivity contribution in [1.82, 2.24) is 0 Å². The largest absolute Gasteiger partial charge is 0.381 e. The van der Waals surface area contributed by atoms with Gasteiger partial charge in [0.2, 0.25) is 0 Å². The molecule has 0 radical (unpaired) electrons. The van der Waals surface area contributed by atoms with Gasteiger partial charge in [0, 0.05) is 35.1 Å². The lowest BCUT2D eigenvalue weighted by molar-refractivity contribution is 0.955. The van der Waals surface area contributed by atoms with Gasteiger partial charge < -0.3 is 10.2 Å². The molecule has 1 aliphatic rings. The summed E-state index contributed by atoms with van der Waals surface area (Å²) in [5, 5.41) is 3.49. The Labute approximate surface area is 128 Å². The van der Waals surface area contributed by atoms with E-state index < -0.39 is 0 Å². The predicted octanol–water partition coefficient (Wildman–Crippen LogP) is 3.90. The van der Waals surface area contributed by atoms with Crippen molar-refractivity contribution in [3.63, 3.8) is 0 Å². The fourth-order valence-electron chi connectivity index (χ4n) is 2.53. The fraction of sp³-hybridized carbons (Fsp3) is 0.250. The number of hydrogen-bond acceptors (Lipinski definition) is 2. The van der Waals surface area contributed by atoms with Crippen molar-refractivity contribution in [3.05, 3.63) is 57.2 Å². The highest BCUT2D eigenvalue weighted by Crippen LogP contribution is 2.27. The summed E-state index contributed by atoms with van der Waals surface area (Å²) >= 11 is 2.34. The van der Waals surface area contributed by atoms with E-state index in [1.807, 2.05) is 0 Å². The molecule has 19 heavy (non-hydrogen) atoms. The number of hydrogen-bond donors (Lipinski definition) is 1. The molecule has 1 N–H and O–H groups in total. The highest BCUT2D eigenvalue weighted by Gasteiger charge is 2.15. The van der Waals surface area contributed by atoms with E-state index >= 15 is 0 Å². The number of fused-ring (bicyclic) bond motifs is 1. The fourth-order valence-corrected chi connectivity index (χ4v) is 3.08. The smallest absolute Gasteiger partial charge is 0.0400 e. The second-order valence-electron chi connectivity index (χ2n) is 5.00. The topological polar surface area (TPSA) is 15.3 Å². The zero-order valence-electron chi connectivity index (χ0n) is 11.0. The summed E-state index contributed by atoms with van der Waals surface area (Å²) in [6.07, 6.45) is 1.17. The van der Waals surface area contributed by atoms with Crippen molar-refractivity contribution in [2.45, 2.75) is 13.0 Å². The number of likely N-dealkylation sites (N-methyl/N-ethyl adjacent to an activating group) is 1. The summed E-state index contributed by atoms with van der Waals surface area (Å²) in [5.74, 6) is 0. The van der Waals surface area contributed by atoms with Gasteiger partial charge in [0.1, 0.15) is 0 Å². The van der Waals surface area contributed by atoms with Crippen molar-refractivity contribution >= 4 is 34.0 Å². The Balaban J connectivity index is 1.71. The van der Waals surface area contributed by atoms with E-state index in [9.17, 15) is 0 Å². The van der Waals surface area contributed by atoms with E-state index in [4.69, 9.17) is 0 Å². The first-order valence-electron chi connectivity index (χ1n) is 6.55. The SMILES string of the molecule is CN1CCc2cc(CNc3cccc(I)c3)ccc21. The van der Waals surface area contributed by atoms with Crippen molar-refractivity contribution in [3.8, 4) is 0 Å². The molecule has 0 aromatic heterocycles. The monoisotopic (exact) mass is 364 g/mol. The van der Waals surface area contributed by atoms with E-state index in [0.717, 1.165) is 13.1 Å². The lowest BCUT2D eigenvalue weighted by Crippen LogP contribution is -2.12. The quantitative estimate of drug-likeness (QED) is 0.832.